The molecule has 0 spiro atoms. The Hall–Kier alpha value is -1.63. The van der Waals surface area contributed by atoms with Crippen LogP contribution in [0, 0.1) is 0 Å². The van der Waals surface area contributed by atoms with E-state index in [9.17, 15) is 0 Å². The fourth-order valence-corrected chi connectivity index (χ4v) is 2.05. The van der Waals surface area contributed by atoms with Crippen molar-refractivity contribution in [1.82, 2.24) is 15.0 Å². The fraction of sp³-hybridized carbons (Fsp3) is 0.800. The third-order valence-electron chi connectivity index (χ3n) is 3.39. The van der Waals surface area contributed by atoms with Gasteiger partial charge in [-0.15, -0.1) is 0 Å². The third kappa shape index (κ3) is 4.98. The van der Waals surface area contributed by atoms with E-state index in [1.54, 1.807) is 0 Å². The lowest BCUT2D eigenvalue weighted by molar-refractivity contribution is 0.122. The predicted molar refractivity (Wildman–Crippen MR) is 89.6 cm³/mol. The first-order valence-electron chi connectivity index (χ1n) is 8.01. The van der Waals surface area contributed by atoms with Gasteiger partial charge in [0.2, 0.25) is 17.8 Å². The van der Waals surface area contributed by atoms with Gasteiger partial charge >= 0.3 is 0 Å². The molecule has 2 heterocycles. The molecule has 1 aromatic heterocycles. The number of nitrogens with zero attached hydrogens (tertiary/aromatic N) is 4. The zero-order valence-corrected chi connectivity index (χ0v) is 14.3. The third-order valence-corrected chi connectivity index (χ3v) is 3.39. The number of anilines is 3. The summed E-state index contributed by atoms with van der Waals surface area (Å²) in [5.74, 6) is 1.93. The molecule has 1 aliphatic rings. The van der Waals surface area contributed by atoms with Gasteiger partial charge in [0.05, 0.1) is 13.2 Å². The quantitative estimate of drug-likeness (QED) is 0.863. The van der Waals surface area contributed by atoms with E-state index < -0.39 is 0 Å². The fourth-order valence-electron chi connectivity index (χ4n) is 2.05. The van der Waals surface area contributed by atoms with Gasteiger partial charge < -0.3 is 20.3 Å². The highest BCUT2D eigenvalue weighted by molar-refractivity contribution is 5.45. The summed E-state index contributed by atoms with van der Waals surface area (Å²) in [6, 6.07) is 0.322. The summed E-state index contributed by atoms with van der Waals surface area (Å²) >= 11 is 0. The minimum Gasteiger partial charge on any atom is -0.378 e. The zero-order valence-electron chi connectivity index (χ0n) is 14.3. The van der Waals surface area contributed by atoms with Crippen LogP contribution in [-0.2, 0) is 4.74 Å². The Kier molecular flexibility index (Phi) is 5.39. The molecule has 0 bridgehead atoms. The lowest BCUT2D eigenvalue weighted by Crippen LogP contribution is -2.38. The van der Waals surface area contributed by atoms with Gasteiger partial charge in [-0.1, -0.05) is 6.92 Å². The second-order valence-electron chi connectivity index (χ2n) is 6.71. The first kappa shape index (κ1) is 16.7. The molecule has 124 valence electrons. The van der Waals surface area contributed by atoms with Crippen molar-refractivity contribution in [1.29, 1.82) is 0 Å². The number of aromatic nitrogens is 3. The standard InChI is InChI=1S/C15H28N6O/c1-6-11(2)16-12-17-13(20-15(3,4)5)19-14(18-12)21-7-9-22-10-8-21/h11H,6-10H2,1-5H3,(H2,16,17,18,19,20). The van der Waals surface area contributed by atoms with Gasteiger partial charge in [-0.2, -0.15) is 15.0 Å². The van der Waals surface area contributed by atoms with Gasteiger partial charge in [-0.25, -0.2) is 0 Å². The van der Waals surface area contributed by atoms with Gasteiger partial charge in [-0.05, 0) is 34.1 Å². The van der Waals surface area contributed by atoms with E-state index in [2.05, 4.69) is 65.1 Å². The van der Waals surface area contributed by atoms with Crippen LogP contribution in [0.25, 0.3) is 0 Å². The minimum absolute atomic E-state index is 0.0999. The Morgan fingerprint density at radius 3 is 2.36 bits per heavy atom. The van der Waals surface area contributed by atoms with Gasteiger partial charge in [0.25, 0.3) is 0 Å². The van der Waals surface area contributed by atoms with Crippen LogP contribution in [0.4, 0.5) is 17.8 Å². The molecule has 1 fully saturated rings. The number of hydrogen-bond donors (Lipinski definition) is 2. The van der Waals surface area contributed by atoms with Crippen LogP contribution in [-0.4, -0.2) is 52.8 Å². The summed E-state index contributed by atoms with van der Waals surface area (Å²) in [6.45, 7) is 13.6. The molecule has 0 aromatic carbocycles. The van der Waals surface area contributed by atoms with Gasteiger partial charge in [0.1, 0.15) is 0 Å². The Balaban J connectivity index is 2.26. The second kappa shape index (κ2) is 7.09. The van der Waals surface area contributed by atoms with Crippen molar-refractivity contribution in [3.8, 4) is 0 Å². The first-order chi connectivity index (χ1) is 10.4. The van der Waals surface area contributed by atoms with Crippen molar-refractivity contribution in [3.05, 3.63) is 0 Å². The summed E-state index contributed by atoms with van der Waals surface area (Å²) in [5, 5.41) is 6.67. The molecule has 7 nitrogen and oxygen atoms in total. The van der Waals surface area contributed by atoms with Crippen LogP contribution in [0.2, 0.25) is 0 Å². The minimum atomic E-state index is -0.0999. The summed E-state index contributed by atoms with van der Waals surface area (Å²) in [5.41, 5.74) is -0.0999. The van der Waals surface area contributed by atoms with Crippen molar-refractivity contribution in [2.24, 2.45) is 0 Å². The van der Waals surface area contributed by atoms with Crippen molar-refractivity contribution >= 4 is 17.8 Å². The summed E-state index contributed by atoms with van der Waals surface area (Å²) in [6.07, 6.45) is 1.01. The highest BCUT2D eigenvalue weighted by Crippen LogP contribution is 2.18. The molecule has 1 unspecified atom stereocenters. The molecular formula is C15H28N6O. The summed E-state index contributed by atoms with van der Waals surface area (Å²) in [4.78, 5) is 15.8. The normalized spacial score (nSPS) is 17.2. The molecule has 1 atom stereocenters. The average molecular weight is 308 g/mol. The highest BCUT2D eigenvalue weighted by atomic mass is 16.5. The molecule has 0 amide bonds. The van der Waals surface area contributed by atoms with Crippen LogP contribution >= 0.6 is 0 Å². The van der Waals surface area contributed by atoms with Crippen molar-refractivity contribution in [2.45, 2.75) is 52.6 Å². The van der Waals surface area contributed by atoms with E-state index in [-0.39, 0.29) is 5.54 Å². The molecule has 1 saturated heterocycles. The molecule has 1 aliphatic heterocycles. The van der Waals surface area contributed by atoms with Crippen LogP contribution in [0.15, 0.2) is 0 Å². The molecule has 2 N–H and O–H groups in total. The SMILES string of the molecule is CCC(C)Nc1nc(NC(C)(C)C)nc(N2CCOCC2)n1. The molecule has 2 rings (SSSR count). The second-order valence-corrected chi connectivity index (χ2v) is 6.71. The van der Waals surface area contributed by atoms with Gasteiger partial charge in [-0.3, -0.25) is 0 Å². The summed E-state index contributed by atoms with van der Waals surface area (Å²) in [7, 11) is 0. The molecule has 0 aliphatic carbocycles. The van der Waals surface area contributed by atoms with E-state index >= 15 is 0 Å². The largest absolute Gasteiger partial charge is 0.378 e. The maximum atomic E-state index is 5.40. The molecule has 1 aromatic rings. The predicted octanol–water partition coefficient (Wildman–Crippen LogP) is 2.13. The van der Waals surface area contributed by atoms with Crippen LogP contribution in [0.5, 0.6) is 0 Å². The topological polar surface area (TPSA) is 75.2 Å². The van der Waals surface area contributed by atoms with Crippen molar-refractivity contribution in [3.63, 3.8) is 0 Å². The van der Waals surface area contributed by atoms with E-state index in [0.717, 1.165) is 19.5 Å². The monoisotopic (exact) mass is 308 g/mol. The van der Waals surface area contributed by atoms with Gasteiger partial charge in [0.15, 0.2) is 0 Å². The van der Waals surface area contributed by atoms with Crippen LogP contribution in [0.3, 0.4) is 0 Å². The lowest BCUT2D eigenvalue weighted by Gasteiger charge is -2.28. The molecule has 0 radical (unpaired) electrons. The molecule has 0 saturated carbocycles. The number of ether oxygens (including phenoxy) is 1. The Bertz CT molecular complexity index is 481. The Morgan fingerprint density at radius 1 is 1.14 bits per heavy atom. The van der Waals surface area contributed by atoms with Crippen LogP contribution in [0.1, 0.15) is 41.0 Å². The zero-order chi connectivity index (χ0) is 16.2. The van der Waals surface area contributed by atoms with Crippen LogP contribution < -0.4 is 15.5 Å². The maximum Gasteiger partial charge on any atom is 0.232 e. The van der Waals surface area contributed by atoms with E-state index in [1.165, 1.54) is 0 Å². The Labute approximate surface area is 132 Å². The lowest BCUT2D eigenvalue weighted by atomic mass is 10.1. The number of hydrogen-bond acceptors (Lipinski definition) is 7. The van der Waals surface area contributed by atoms with Gasteiger partial charge in [0, 0.05) is 24.7 Å². The van der Waals surface area contributed by atoms with Crippen molar-refractivity contribution < 1.29 is 4.74 Å². The van der Waals surface area contributed by atoms with E-state index in [1.807, 2.05) is 0 Å². The number of morpholine rings is 1. The first-order valence-corrected chi connectivity index (χ1v) is 8.01. The van der Waals surface area contributed by atoms with Crippen molar-refractivity contribution in [2.75, 3.05) is 41.8 Å². The molecule has 7 heteroatoms. The average Bonchev–Trinajstić information content (AvgIpc) is 2.46. The smallest absolute Gasteiger partial charge is 0.232 e. The molecule has 22 heavy (non-hydrogen) atoms. The number of nitrogens with one attached hydrogen (secondary N) is 2. The highest BCUT2D eigenvalue weighted by Gasteiger charge is 2.19. The van der Waals surface area contributed by atoms with E-state index in [4.69, 9.17) is 4.74 Å². The summed E-state index contributed by atoms with van der Waals surface area (Å²) < 4.78 is 5.40. The van der Waals surface area contributed by atoms with E-state index in [0.29, 0.717) is 37.1 Å². The molecular weight excluding hydrogens is 280 g/mol. The maximum absolute atomic E-state index is 5.40. The number of rotatable bonds is 5. The Morgan fingerprint density at radius 2 is 1.77 bits per heavy atom.